The van der Waals surface area contributed by atoms with Gasteiger partial charge in [0.05, 0.1) is 35.8 Å². The fourth-order valence-corrected chi connectivity index (χ4v) is 4.00. The monoisotopic (exact) mass is 470 g/mol. The number of benzene rings is 2. The first-order chi connectivity index (χ1) is 16.4. The summed E-state index contributed by atoms with van der Waals surface area (Å²) in [6.45, 7) is 7.70. The molecule has 4 rings (SSSR count). The molecule has 2 heterocycles. The second-order valence-corrected chi connectivity index (χ2v) is 8.08. The molecule has 1 aliphatic rings. The number of aromatic nitrogens is 1. The molecule has 0 saturated carbocycles. The third-order valence-electron chi connectivity index (χ3n) is 5.78. The minimum atomic E-state index is -0.773. The smallest absolute Gasteiger partial charge is 0.341 e. The number of esters is 1. The van der Waals surface area contributed by atoms with E-state index in [2.05, 4.69) is 27.1 Å². The number of nitrogens with zero attached hydrogens (tertiary/aromatic N) is 3. The van der Waals surface area contributed by atoms with Crippen LogP contribution in [0.5, 0.6) is 5.75 Å². The molecule has 0 spiro atoms. The van der Waals surface area contributed by atoms with E-state index in [9.17, 15) is 13.6 Å². The number of piperazine rings is 1. The average molecular weight is 471 g/mol. The Balaban J connectivity index is 1.89. The van der Waals surface area contributed by atoms with E-state index < -0.39 is 17.6 Å². The van der Waals surface area contributed by atoms with Crippen LogP contribution < -0.4 is 15.0 Å². The van der Waals surface area contributed by atoms with Crippen LogP contribution in [-0.2, 0) is 4.74 Å². The molecule has 1 aliphatic heterocycles. The molecule has 2 aromatic carbocycles. The van der Waals surface area contributed by atoms with Gasteiger partial charge < -0.3 is 24.6 Å². The zero-order chi connectivity index (χ0) is 24.2. The highest BCUT2D eigenvalue weighted by atomic mass is 19.1. The van der Waals surface area contributed by atoms with Crippen molar-refractivity contribution >= 4 is 33.9 Å². The van der Waals surface area contributed by atoms with Crippen LogP contribution in [0, 0.1) is 11.6 Å². The van der Waals surface area contributed by atoms with Gasteiger partial charge >= 0.3 is 5.97 Å². The van der Waals surface area contributed by atoms with Crippen LogP contribution in [0.1, 0.15) is 24.2 Å². The summed E-state index contributed by atoms with van der Waals surface area (Å²) in [7, 11) is 2.08. The zero-order valence-corrected chi connectivity index (χ0v) is 19.5. The summed E-state index contributed by atoms with van der Waals surface area (Å²) in [6.07, 6.45) is 1.40. The first kappa shape index (κ1) is 23.7. The molecule has 180 valence electrons. The number of nitrogens with one attached hydrogen (secondary N) is 1. The van der Waals surface area contributed by atoms with Crippen LogP contribution in [0.25, 0.3) is 10.9 Å². The first-order valence-electron chi connectivity index (χ1n) is 11.3. The summed E-state index contributed by atoms with van der Waals surface area (Å²) >= 11 is 0. The zero-order valence-electron chi connectivity index (χ0n) is 19.5. The Kier molecular flexibility index (Phi) is 7.12. The van der Waals surface area contributed by atoms with Crippen molar-refractivity contribution in [1.29, 1.82) is 0 Å². The Morgan fingerprint density at radius 3 is 2.53 bits per heavy atom. The minimum absolute atomic E-state index is 0.0366. The molecule has 1 N–H and O–H groups in total. The van der Waals surface area contributed by atoms with E-state index >= 15 is 0 Å². The molecule has 1 saturated heterocycles. The van der Waals surface area contributed by atoms with Gasteiger partial charge in [0.15, 0.2) is 0 Å². The van der Waals surface area contributed by atoms with Crippen molar-refractivity contribution in [3.63, 3.8) is 0 Å². The minimum Gasteiger partial charge on any atom is -0.492 e. The predicted octanol–water partition coefficient (Wildman–Crippen LogP) is 4.58. The summed E-state index contributed by atoms with van der Waals surface area (Å²) in [5, 5.41) is 3.59. The SMILES string of the molecule is CCOC(=O)c1cnc2cc(OCC)c(N3CCN(C)CC3)cc2c1Nc1ccc(F)cc1F. The fourth-order valence-electron chi connectivity index (χ4n) is 4.00. The van der Waals surface area contributed by atoms with Gasteiger partial charge in [0.2, 0.25) is 0 Å². The number of anilines is 3. The Hall–Kier alpha value is -3.46. The molecular weight excluding hydrogens is 442 g/mol. The van der Waals surface area contributed by atoms with Gasteiger partial charge in [-0.3, -0.25) is 4.98 Å². The van der Waals surface area contributed by atoms with Crippen molar-refractivity contribution in [2.75, 3.05) is 56.7 Å². The van der Waals surface area contributed by atoms with E-state index in [4.69, 9.17) is 9.47 Å². The number of likely N-dealkylation sites (N-methyl/N-ethyl adjacent to an activating group) is 1. The normalized spacial score (nSPS) is 14.3. The lowest BCUT2D eigenvalue weighted by molar-refractivity contribution is 0.0527. The molecule has 7 nitrogen and oxygen atoms in total. The Labute approximate surface area is 197 Å². The third kappa shape index (κ3) is 4.89. The quantitative estimate of drug-likeness (QED) is 0.507. The van der Waals surface area contributed by atoms with E-state index in [1.807, 2.05) is 19.1 Å². The van der Waals surface area contributed by atoms with Crippen molar-refractivity contribution in [2.24, 2.45) is 0 Å². The number of hydrogen-bond donors (Lipinski definition) is 1. The average Bonchev–Trinajstić information content (AvgIpc) is 2.81. The van der Waals surface area contributed by atoms with E-state index in [-0.39, 0.29) is 17.9 Å². The lowest BCUT2D eigenvalue weighted by Crippen LogP contribution is -2.44. The second kappa shape index (κ2) is 10.2. The number of halogens is 2. The highest BCUT2D eigenvalue weighted by Gasteiger charge is 2.23. The number of carbonyl (C=O) groups excluding carboxylic acids is 1. The molecule has 9 heteroatoms. The van der Waals surface area contributed by atoms with Crippen molar-refractivity contribution in [2.45, 2.75) is 13.8 Å². The number of carbonyl (C=O) groups is 1. The number of ether oxygens (including phenoxy) is 2. The van der Waals surface area contributed by atoms with Crippen molar-refractivity contribution < 1.29 is 23.0 Å². The maximum atomic E-state index is 14.5. The van der Waals surface area contributed by atoms with Crippen LogP contribution in [0.4, 0.5) is 25.8 Å². The maximum Gasteiger partial charge on any atom is 0.341 e. The van der Waals surface area contributed by atoms with Crippen molar-refractivity contribution in [1.82, 2.24) is 9.88 Å². The van der Waals surface area contributed by atoms with E-state index in [1.165, 1.54) is 12.3 Å². The molecule has 0 bridgehead atoms. The Morgan fingerprint density at radius 2 is 1.85 bits per heavy atom. The van der Waals surface area contributed by atoms with Crippen LogP contribution in [-0.4, -0.2) is 62.3 Å². The van der Waals surface area contributed by atoms with E-state index in [1.54, 1.807) is 6.92 Å². The van der Waals surface area contributed by atoms with Gasteiger partial charge in [0.25, 0.3) is 0 Å². The first-order valence-corrected chi connectivity index (χ1v) is 11.3. The Morgan fingerprint density at radius 1 is 1.09 bits per heavy atom. The summed E-state index contributed by atoms with van der Waals surface area (Å²) in [6, 6.07) is 6.97. The van der Waals surface area contributed by atoms with Gasteiger partial charge in [-0.1, -0.05) is 0 Å². The van der Waals surface area contributed by atoms with Crippen LogP contribution >= 0.6 is 0 Å². The standard InChI is InChI=1S/C25H28F2N4O3/c1-4-33-23-14-21-17(13-22(23)31-10-8-30(3)9-11-31)24(18(15-28-21)25(32)34-5-2)29-20-7-6-16(26)12-19(20)27/h6-7,12-15H,4-5,8-11H2,1-3H3,(H,28,29). The molecule has 1 aromatic heterocycles. The van der Waals surface area contributed by atoms with Gasteiger partial charge in [-0.2, -0.15) is 0 Å². The largest absolute Gasteiger partial charge is 0.492 e. The number of fused-ring (bicyclic) bond motifs is 1. The predicted molar refractivity (Wildman–Crippen MR) is 128 cm³/mol. The number of rotatable bonds is 7. The van der Waals surface area contributed by atoms with Gasteiger partial charge in [-0.05, 0) is 39.1 Å². The van der Waals surface area contributed by atoms with Crippen molar-refractivity contribution in [3.05, 3.63) is 53.7 Å². The van der Waals surface area contributed by atoms with Crippen LogP contribution in [0.2, 0.25) is 0 Å². The van der Waals surface area contributed by atoms with E-state index in [0.29, 0.717) is 28.9 Å². The van der Waals surface area contributed by atoms with Crippen LogP contribution in [0.15, 0.2) is 36.5 Å². The Bertz CT molecular complexity index is 1200. The third-order valence-corrected chi connectivity index (χ3v) is 5.78. The fraction of sp³-hybridized carbons (Fsp3) is 0.360. The molecule has 0 unspecified atom stereocenters. The summed E-state index contributed by atoms with van der Waals surface area (Å²) in [4.78, 5) is 21.7. The molecule has 1 fully saturated rings. The molecule has 0 aliphatic carbocycles. The van der Waals surface area contributed by atoms with Gasteiger partial charge in [-0.15, -0.1) is 0 Å². The summed E-state index contributed by atoms with van der Waals surface area (Å²) in [5.41, 5.74) is 1.97. The number of hydrogen-bond acceptors (Lipinski definition) is 7. The van der Waals surface area contributed by atoms with Gasteiger partial charge in [-0.25, -0.2) is 13.6 Å². The summed E-state index contributed by atoms with van der Waals surface area (Å²) in [5.74, 6) is -1.36. The van der Waals surface area contributed by atoms with Crippen molar-refractivity contribution in [3.8, 4) is 5.75 Å². The maximum absolute atomic E-state index is 14.5. The molecule has 3 aromatic rings. The number of pyridine rings is 1. The topological polar surface area (TPSA) is 66.9 Å². The lowest BCUT2D eigenvalue weighted by atomic mass is 10.1. The highest BCUT2D eigenvalue weighted by molar-refractivity contribution is 6.07. The molecule has 34 heavy (non-hydrogen) atoms. The second-order valence-electron chi connectivity index (χ2n) is 8.08. The van der Waals surface area contributed by atoms with Crippen LogP contribution in [0.3, 0.4) is 0 Å². The van der Waals surface area contributed by atoms with E-state index in [0.717, 1.165) is 44.0 Å². The summed E-state index contributed by atoms with van der Waals surface area (Å²) < 4.78 is 39.1. The molecule has 0 atom stereocenters. The molecular formula is C25H28F2N4O3. The molecule has 0 radical (unpaired) electrons. The van der Waals surface area contributed by atoms with Gasteiger partial charge in [0, 0.05) is 49.9 Å². The highest BCUT2D eigenvalue weighted by Crippen LogP contribution is 2.39. The van der Waals surface area contributed by atoms with Gasteiger partial charge in [0.1, 0.15) is 22.9 Å². The molecule has 0 amide bonds. The lowest BCUT2D eigenvalue weighted by Gasteiger charge is -2.35.